The molecule has 1 fully saturated rings. The largest absolute Gasteiger partial charge is 0.315 e. The highest BCUT2D eigenvalue weighted by Crippen LogP contribution is 2.39. The van der Waals surface area contributed by atoms with Gasteiger partial charge in [-0.1, -0.05) is 44.5 Å². The van der Waals surface area contributed by atoms with Crippen molar-refractivity contribution in [2.75, 3.05) is 13.1 Å². The van der Waals surface area contributed by atoms with Crippen molar-refractivity contribution in [3.8, 4) is 0 Å². The van der Waals surface area contributed by atoms with Crippen LogP contribution in [0.25, 0.3) is 0 Å². The van der Waals surface area contributed by atoms with Crippen molar-refractivity contribution in [1.29, 1.82) is 0 Å². The average Bonchev–Trinajstić information content (AvgIpc) is 2.89. The first-order valence-electron chi connectivity index (χ1n) is 6.94. The van der Waals surface area contributed by atoms with Gasteiger partial charge in [-0.15, -0.1) is 0 Å². The molecule has 0 aliphatic carbocycles. The first-order chi connectivity index (χ1) is 8.92. The van der Waals surface area contributed by atoms with Gasteiger partial charge in [0.2, 0.25) is 0 Å². The third-order valence-corrected chi connectivity index (χ3v) is 4.74. The first-order valence-corrected chi connectivity index (χ1v) is 7.32. The van der Waals surface area contributed by atoms with Crippen molar-refractivity contribution in [2.45, 2.75) is 39.0 Å². The molecule has 3 heteroatoms. The Bertz CT molecular complexity index is 458. The normalized spacial score (nSPS) is 23.6. The third kappa shape index (κ3) is 2.56. The van der Waals surface area contributed by atoms with Crippen LogP contribution in [-0.2, 0) is 10.2 Å². The number of nitrogens with one attached hydrogen (secondary N) is 1. The van der Waals surface area contributed by atoms with Gasteiger partial charge in [0.05, 0.1) is 5.41 Å². The average molecular weight is 280 g/mol. The molecule has 0 amide bonds. The van der Waals surface area contributed by atoms with E-state index in [4.69, 9.17) is 11.6 Å². The maximum Gasteiger partial charge on any atom is 0.150 e. The van der Waals surface area contributed by atoms with Crippen molar-refractivity contribution >= 4 is 17.4 Å². The first kappa shape index (κ1) is 14.5. The lowest BCUT2D eigenvalue weighted by atomic mass is 9.66. The number of carbonyl (C=O) groups excluding carboxylic acids is 1. The molecule has 1 aliphatic heterocycles. The number of rotatable bonds is 4. The molecule has 2 nitrogen and oxygen atoms in total. The van der Waals surface area contributed by atoms with Crippen LogP contribution in [-0.4, -0.2) is 18.9 Å². The summed E-state index contributed by atoms with van der Waals surface area (Å²) in [5, 5.41) is 4.06. The van der Waals surface area contributed by atoms with Crippen molar-refractivity contribution in [3.63, 3.8) is 0 Å². The predicted molar refractivity (Wildman–Crippen MR) is 79.7 cm³/mol. The molecule has 104 valence electrons. The molecule has 0 spiro atoms. The van der Waals surface area contributed by atoms with Gasteiger partial charge < -0.3 is 5.32 Å². The fourth-order valence-electron chi connectivity index (χ4n) is 2.84. The van der Waals surface area contributed by atoms with Gasteiger partial charge in [0.25, 0.3) is 0 Å². The number of Topliss-reactive ketones (excluding diaryl/α,β-unsaturated/α-hetero) is 1. The van der Waals surface area contributed by atoms with Crippen LogP contribution in [0.3, 0.4) is 0 Å². The van der Waals surface area contributed by atoms with Gasteiger partial charge in [-0.3, -0.25) is 4.79 Å². The molecule has 0 aromatic heterocycles. The second kappa shape index (κ2) is 5.26. The molecule has 1 saturated heterocycles. The lowest BCUT2D eigenvalue weighted by Crippen LogP contribution is -2.45. The van der Waals surface area contributed by atoms with Crippen LogP contribution >= 0.6 is 11.6 Å². The van der Waals surface area contributed by atoms with Gasteiger partial charge in [-0.25, -0.2) is 0 Å². The highest BCUT2D eigenvalue weighted by Gasteiger charge is 2.47. The molecular weight excluding hydrogens is 258 g/mol. The highest BCUT2D eigenvalue weighted by molar-refractivity contribution is 6.30. The van der Waals surface area contributed by atoms with E-state index in [2.05, 4.69) is 12.2 Å². The summed E-state index contributed by atoms with van der Waals surface area (Å²) in [5.41, 5.74) is 0.420. The fourth-order valence-corrected chi connectivity index (χ4v) is 2.97. The SMILES string of the molecule is CCC(C)(C)C(=O)C1(c2ccc(Cl)cc2)CCNC1. The Morgan fingerprint density at radius 1 is 1.37 bits per heavy atom. The lowest BCUT2D eigenvalue weighted by Gasteiger charge is -2.35. The quantitative estimate of drug-likeness (QED) is 0.913. The van der Waals surface area contributed by atoms with E-state index < -0.39 is 0 Å². The minimum Gasteiger partial charge on any atom is -0.315 e. The summed E-state index contributed by atoms with van der Waals surface area (Å²) >= 11 is 5.96. The maximum atomic E-state index is 13.0. The van der Waals surface area contributed by atoms with Gasteiger partial charge in [0, 0.05) is 17.0 Å². The van der Waals surface area contributed by atoms with Crippen molar-refractivity contribution in [3.05, 3.63) is 34.9 Å². The van der Waals surface area contributed by atoms with Crippen LogP contribution in [0.15, 0.2) is 24.3 Å². The standard InChI is InChI=1S/C16H22ClNO/c1-4-15(2,3)14(19)16(9-10-18-11-16)12-5-7-13(17)8-6-12/h5-8,18H,4,9-11H2,1-3H3. The lowest BCUT2D eigenvalue weighted by molar-refractivity contribution is -0.132. The number of hydrogen-bond donors (Lipinski definition) is 1. The van der Waals surface area contributed by atoms with E-state index in [9.17, 15) is 4.79 Å². The number of halogens is 1. The summed E-state index contributed by atoms with van der Waals surface area (Å²) in [7, 11) is 0. The van der Waals surface area contributed by atoms with Crippen LogP contribution in [0.2, 0.25) is 5.02 Å². The number of hydrogen-bond acceptors (Lipinski definition) is 2. The zero-order valence-corrected chi connectivity index (χ0v) is 12.7. The molecule has 0 radical (unpaired) electrons. The molecule has 1 unspecified atom stereocenters. The number of ketones is 1. The topological polar surface area (TPSA) is 29.1 Å². The maximum absolute atomic E-state index is 13.0. The van der Waals surface area contributed by atoms with Gasteiger partial charge in [-0.05, 0) is 37.1 Å². The summed E-state index contributed by atoms with van der Waals surface area (Å²) in [4.78, 5) is 13.0. The molecule has 1 atom stereocenters. The monoisotopic (exact) mass is 279 g/mol. The van der Waals surface area contributed by atoms with Crippen LogP contribution in [0, 0.1) is 5.41 Å². The molecule has 2 rings (SSSR count). The molecule has 0 bridgehead atoms. The Kier molecular flexibility index (Phi) is 4.03. The Balaban J connectivity index is 2.44. The second-order valence-corrected chi connectivity index (χ2v) is 6.52. The zero-order chi connectivity index (χ0) is 14.1. The highest BCUT2D eigenvalue weighted by atomic mass is 35.5. The Morgan fingerprint density at radius 3 is 2.47 bits per heavy atom. The minimum absolute atomic E-state index is 0.286. The van der Waals surface area contributed by atoms with E-state index in [1.807, 2.05) is 38.1 Å². The van der Waals surface area contributed by atoms with Gasteiger partial charge >= 0.3 is 0 Å². The van der Waals surface area contributed by atoms with Crippen LogP contribution < -0.4 is 5.32 Å². The molecule has 1 aromatic rings. The third-order valence-electron chi connectivity index (χ3n) is 4.49. The minimum atomic E-state index is -0.385. The molecule has 0 saturated carbocycles. The van der Waals surface area contributed by atoms with E-state index in [-0.39, 0.29) is 10.8 Å². The molecule has 1 aromatic carbocycles. The van der Waals surface area contributed by atoms with Crippen LogP contribution in [0.1, 0.15) is 39.2 Å². The summed E-state index contributed by atoms with van der Waals surface area (Å²) in [6.07, 6.45) is 1.73. The zero-order valence-electron chi connectivity index (χ0n) is 11.9. The molecule has 1 N–H and O–H groups in total. The van der Waals surface area contributed by atoms with Crippen molar-refractivity contribution in [1.82, 2.24) is 5.32 Å². The van der Waals surface area contributed by atoms with Gasteiger partial charge in [-0.2, -0.15) is 0 Å². The summed E-state index contributed by atoms with van der Waals surface area (Å²) in [5.74, 6) is 0.342. The predicted octanol–water partition coefficient (Wildman–Crippen LogP) is 3.58. The van der Waals surface area contributed by atoms with E-state index in [0.29, 0.717) is 10.8 Å². The summed E-state index contributed by atoms with van der Waals surface area (Å²) in [6, 6.07) is 7.75. The van der Waals surface area contributed by atoms with Crippen molar-refractivity contribution in [2.24, 2.45) is 5.41 Å². The second-order valence-electron chi connectivity index (χ2n) is 6.08. The van der Waals surface area contributed by atoms with E-state index >= 15 is 0 Å². The Labute approximate surface area is 120 Å². The van der Waals surface area contributed by atoms with Gasteiger partial charge in [0.1, 0.15) is 5.78 Å². The van der Waals surface area contributed by atoms with Crippen molar-refractivity contribution < 1.29 is 4.79 Å². The van der Waals surface area contributed by atoms with Crippen LogP contribution in [0.4, 0.5) is 0 Å². The van der Waals surface area contributed by atoms with E-state index in [1.54, 1.807) is 0 Å². The molecule has 1 heterocycles. The molecule has 1 aliphatic rings. The van der Waals surface area contributed by atoms with Gasteiger partial charge in [0.15, 0.2) is 0 Å². The fraction of sp³-hybridized carbons (Fsp3) is 0.562. The van der Waals surface area contributed by atoms with E-state index in [1.165, 1.54) is 0 Å². The molecule has 19 heavy (non-hydrogen) atoms. The number of carbonyl (C=O) groups is 1. The Hall–Kier alpha value is -0.860. The van der Waals surface area contributed by atoms with Crippen LogP contribution in [0.5, 0.6) is 0 Å². The van der Waals surface area contributed by atoms with E-state index in [0.717, 1.165) is 31.5 Å². The summed E-state index contributed by atoms with van der Waals surface area (Å²) < 4.78 is 0. The number of benzene rings is 1. The summed E-state index contributed by atoms with van der Waals surface area (Å²) in [6.45, 7) is 7.80. The Morgan fingerprint density at radius 2 is 2.00 bits per heavy atom. The molecular formula is C16H22ClNO. The smallest absolute Gasteiger partial charge is 0.150 e.